The van der Waals surface area contributed by atoms with Gasteiger partial charge in [0.25, 0.3) is 5.91 Å². The molecule has 4 nitrogen and oxygen atoms in total. The lowest BCUT2D eigenvalue weighted by atomic mass is 10.2. The second kappa shape index (κ2) is 5.05. The standard InChI is InChI=1S/C12H13N3OS/c1-15-8-9(7-14-15)6-13-12(16)10-3-2-4-11(17)5-10/h2-5,7-8,17H,6H2,1H3,(H,13,16). The minimum atomic E-state index is -0.107. The lowest BCUT2D eigenvalue weighted by Gasteiger charge is -2.03. The van der Waals surface area contributed by atoms with Gasteiger partial charge in [0.05, 0.1) is 6.20 Å². The molecule has 1 heterocycles. The number of nitrogens with one attached hydrogen (secondary N) is 1. The van der Waals surface area contributed by atoms with Crippen LogP contribution in [0.1, 0.15) is 15.9 Å². The van der Waals surface area contributed by atoms with Crippen molar-refractivity contribution in [2.24, 2.45) is 7.05 Å². The summed E-state index contributed by atoms with van der Waals surface area (Å²) in [5.41, 5.74) is 1.59. The number of thiol groups is 1. The van der Waals surface area contributed by atoms with E-state index in [1.807, 2.05) is 19.3 Å². The zero-order chi connectivity index (χ0) is 12.3. The summed E-state index contributed by atoms with van der Waals surface area (Å²) in [6, 6.07) is 7.14. The van der Waals surface area contributed by atoms with Crippen LogP contribution >= 0.6 is 12.6 Å². The van der Waals surface area contributed by atoms with Crippen LogP contribution in [0, 0.1) is 0 Å². The molecule has 88 valence electrons. The number of aryl methyl sites for hydroxylation is 1. The molecule has 1 aromatic carbocycles. The fraction of sp³-hybridized carbons (Fsp3) is 0.167. The summed E-state index contributed by atoms with van der Waals surface area (Å²) in [6.07, 6.45) is 3.60. The topological polar surface area (TPSA) is 46.9 Å². The summed E-state index contributed by atoms with van der Waals surface area (Å²) in [4.78, 5) is 12.6. The van der Waals surface area contributed by atoms with E-state index in [9.17, 15) is 4.79 Å². The van der Waals surface area contributed by atoms with Crippen molar-refractivity contribution in [3.63, 3.8) is 0 Å². The van der Waals surface area contributed by atoms with E-state index in [-0.39, 0.29) is 5.91 Å². The predicted octanol–water partition coefficient (Wildman–Crippen LogP) is 1.64. The van der Waals surface area contributed by atoms with Crippen LogP contribution in [-0.4, -0.2) is 15.7 Å². The summed E-state index contributed by atoms with van der Waals surface area (Å²) >= 11 is 4.20. The van der Waals surface area contributed by atoms with E-state index in [1.165, 1.54) is 0 Å². The van der Waals surface area contributed by atoms with Gasteiger partial charge in [-0.05, 0) is 18.2 Å². The molecule has 0 aliphatic rings. The summed E-state index contributed by atoms with van der Waals surface area (Å²) in [7, 11) is 1.84. The predicted molar refractivity (Wildman–Crippen MR) is 68.1 cm³/mol. The largest absolute Gasteiger partial charge is 0.348 e. The molecular formula is C12H13N3OS. The maximum absolute atomic E-state index is 11.8. The smallest absolute Gasteiger partial charge is 0.251 e. The lowest BCUT2D eigenvalue weighted by Crippen LogP contribution is -2.22. The van der Waals surface area contributed by atoms with Gasteiger partial charge in [0, 0.05) is 35.8 Å². The molecule has 1 N–H and O–H groups in total. The van der Waals surface area contributed by atoms with Crippen LogP contribution < -0.4 is 5.32 Å². The van der Waals surface area contributed by atoms with Gasteiger partial charge in [0.1, 0.15) is 0 Å². The Morgan fingerprint density at radius 2 is 2.35 bits per heavy atom. The molecule has 1 amide bonds. The van der Waals surface area contributed by atoms with E-state index in [4.69, 9.17) is 0 Å². The summed E-state index contributed by atoms with van der Waals surface area (Å²) in [6.45, 7) is 0.476. The Hall–Kier alpha value is -1.75. The molecule has 0 bridgehead atoms. The van der Waals surface area contributed by atoms with E-state index >= 15 is 0 Å². The first-order chi connectivity index (χ1) is 8.15. The highest BCUT2D eigenvalue weighted by molar-refractivity contribution is 7.80. The van der Waals surface area contributed by atoms with E-state index in [0.29, 0.717) is 12.1 Å². The van der Waals surface area contributed by atoms with Gasteiger partial charge in [-0.2, -0.15) is 5.10 Å². The molecule has 0 atom stereocenters. The highest BCUT2D eigenvalue weighted by Crippen LogP contribution is 2.08. The SMILES string of the molecule is Cn1cc(CNC(=O)c2cccc(S)c2)cn1. The van der Waals surface area contributed by atoms with Crippen molar-refractivity contribution >= 4 is 18.5 Å². The molecule has 17 heavy (non-hydrogen) atoms. The van der Waals surface area contributed by atoms with Gasteiger partial charge in [-0.25, -0.2) is 0 Å². The normalized spacial score (nSPS) is 10.2. The molecule has 0 saturated heterocycles. The first kappa shape index (κ1) is 11.7. The van der Waals surface area contributed by atoms with Crippen molar-refractivity contribution in [2.75, 3.05) is 0 Å². The lowest BCUT2D eigenvalue weighted by molar-refractivity contribution is 0.0950. The number of carbonyl (C=O) groups excluding carboxylic acids is 1. The van der Waals surface area contributed by atoms with Crippen molar-refractivity contribution < 1.29 is 4.79 Å². The van der Waals surface area contributed by atoms with Crippen molar-refractivity contribution in [1.29, 1.82) is 0 Å². The number of rotatable bonds is 3. The van der Waals surface area contributed by atoms with E-state index in [0.717, 1.165) is 10.5 Å². The van der Waals surface area contributed by atoms with Crippen LogP contribution in [0.2, 0.25) is 0 Å². The zero-order valence-electron chi connectivity index (χ0n) is 9.42. The minimum Gasteiger partial charge on any atom is -0.348 e. The van der Waals surface area contributed by atoms with Crippen molar-refractivity contribution in [3.05, 3.63) is 47.8 Å². The third-order valence-electron chi connectivity index (χ3n) is 2.32. The average Bonchev–Trinajstić information content (AvgIpc) is 2.72. The maximum Gasteiger partial charge on any atom is 0.251 e. The van der Waals surface area contributed by atoms with E-state index in [2.05, 4.69) is 23.0 Å². The monoisotopic (exact) mass is 247 g/mol. The molecule has 0 aliphatic carbocycles. The van der Waals surface area contributed by atoms with Crippen molar-refractivity contribution in [1.82, 2.24) is 15.1 Å². The number of benzene rings is 1. The van der Waals surface area contributed by atoms with Crippen molar-refractivity contribution in [2.45, 2.75) is 11.4 Å². The Bertz CT molecular complexity index is 536. The molecule has 0 fully saturated rings. The Balaban J connectivity index is 1.98. The average molecular weight is 247 g/mol. The van der Waals surface area contributed by atoms with Crippen LogP contribution in [0.4, 0.5) is 0 Å². The molecule has 0 aliphatic heterocycles. The van der Waals surface area contributed by atoms with Gasteiger partial charge in [0.15, 0.2) is 0 Å². The second-order valence-corrected chi connectivity index (χ2v) is 4.27. The molecule has 2 rings (SSSR count). The minimum absolute atomic E-state index is 0.107. The molecule has 0 saturated carbocycles. The fourth-order valence-electron chi connectivity index (χ4n) is 1.49. The van der Waals surface area contributed by atoms with Gasteiger partial charge in [0.2, 0.25) is 0 Å². The molecule has 0 radical (unpaired) electrons. The summed E-state index contributed by atoms with van der Waals surface area (Å²) in [5.74, 6) is -0.107. The highest BCUT2D eigenvalue weighted by Gasteiger charge is 2.05. The summed E-state index contributed by atoms with van der Waals surface area (Å²) < 4.78 is 1.70. The number of amides is 1. The highest BCUT2D eigenvalue weighted by atomic mass is 32.1. The number of aromatic nitrogens is 2. The molecular weight excluding hydrogens is 234 g/mol. The molecule has 5 heteroatoms. The van der Waals surface area contributed by atoms with Crippen LogP contribution in [0.15, 0.2) is 41.6 Å². The van der Waals surface area contributed by atoms with Gasteiger partial charge in [-0.15, -0.1) is 12.6 Å². The van der Waals surface area contributed by atoms with Crippen molar-refractivity contribution in [3.8, 4) is 0 Å². The third-order valence-corrected chi connectivity index (χ3v) is 2.60. The first-order valence-corrected chi connectivity index (χ1v) is 5.64. The van der Waals surface area contributed by atoms with Gasteiger partial charge in [-0.3, -0.25) is 9.48 Å². The Morgan fingerprint density at radius 1 is 1.53 bits per heavy atom. The van der Waals surface area contributed by atoms with Crippen LogP contribution in [-0.2, 0) is 13.6 Å². The Labute approximate surface area is 105 Å². The third kappa shape index (κ3) is 3.10. The van der Waals surface area contributed by atoms with Gasteiger partial charge in [-0.1, -0.05) is 6.07 Å². The van der Waals surface area contributed by atoms with Crippen LogP contribution in [0.25, 0.3) is 0 Å². The van der Waals surface area contributed by atoms with Gasteiger partial charge < -0.3 is 5.32 Å². The number of carbonyl (C=O) groups is 1. The molecule has 2 aromatic rings. The number of hydrogen-bond acceptors (Lipinski definition) is 3. The van der Waals surface area contributed by atoms with Crippen LogP contribution in [0.5, 0.6) is 0 Å². The fourth-order valence-corrected chi connectivity index (χ4v) is 1.72. The molecule has 1 aromatic heterocycles. The quantitative estimate of drug-likeness (QED) is 0.810. The second-order valence-electron chi connectivity index (χ2n) is 3.76. The number of hydrogen-bond donors (Lipinski definition) is 2. The summed E-state index contributed by atoms with van der Waals surface area (Å²) in [5, 5.41) is 6.86. The van der Waals surface area contributed by atoms with E-state index < -0.39 is 0 Å². The van der Waals surface area contributed by atoms with Crippen LogP contribution in [0.3, 0.4) is 0 Å². The first-order valence-electron chi connectivity index (χ1n) is 5.20. The van der Waals surface area contributed by atoms with E-state index in [1.54, 1.807) is 29.1 Å². The maximum atomic E-state index is 11.8. The Kier molecular flexibility index (Phi) is 3.49. The molecule has 0 spiro atoms. The number of nitrogens with zero attached hydrogens (tertiary/aromatic N) is 2. The zero-order valence-corrected chi connectivity index (χ0v) is 10.3. The van der Waals surface area contributed by atoms with Gasteiger partial charge >= 0.3 is 0 Å². The Morgan fingerprint density at radius 3 is 3.00 bits per heavy atom. The molecule has 0 unspecified atom stereocenters.